The summed E-state index contributed by atoms with van der Waals surface area (Å²) in [5.41, 5.74) is -0.198. The van der Waals surface area contributed by atoms with E-state index in [4.69, 9.17) is 13.6 Å². The Morgan fingerprint density at radius 1 is 1.27 bits per heavy atom. The zero-order valence-corrected chi connectivity index (χ0v) is 8.77. The minimum absolute atomic E-state index is 0.198. The average molecular weight is 180 g/mol. The van der Waals surface area contributed by atoms with Gasteiger partial charge >= 0.3 is 8.60 Å². The van der Waals surface area contributed by atoms with Gasteiger partial charge in [0.1, 0.15) is 0 Å². The van der Waals surface area contributed by atoms with Gasteiger partial charge in [-0.25, -0.2) is 0 Å². The van der Waals surface area contributed by atoms with Crippen LogP contribution in [0, 0.1) is 0 Å². The maximum absolute atomic E-state index is 5.45. The summed E-state index contributed by atoms with van der Waals surface area (Å²) in [5.74, 6) is 0. The summed E-state index contributed by atoms with van der Waals surface area (Å²) in [4.78, 5) is 0. The lowest BCUT2D eigenvalue weighted by molar-refractivity contribution is 0.0858. The molecule has 0 heterocycles. The van der Waals surface area contributed by atoms with Crippen molar-refractivity contribution in [1.82, 2.24) is 0 Å². The van der Waals surface area contributed by atoms with Gasteiger partial charge < -0.3 is 13.6 Å². The van der Waals surface area contributed by atoms with Crippen LogP contribution in [0.2, 0.25) is 0 Å². The highest BCUT2D eigenvalue weighted by atomic mass is 31.2. The summed E-state index contributed by atoms with van der Waals surface area (Å²) in [7, 11) is 0.444. The molecule has 0 spiro atoms. The molecular weight excluding hydrogens is 163 g/mol. The third-order valence-electron chi connectivity index (χ3n) is 0.732. The molecule has 0 aromatic carbocycles. The minimum atomic E-state index is -1.15. The summed E-state index contributed by atoms with van der Waals surface area (Å²) in [5, 5.41) is 0. The molecule has 0 rings (SSSR count). The number of hydrogen-bond donors (Lipinski definition) is 0. The Balaban J connectivity index is 3.68. The predicted molar refractivity (Wildman–Crippen MR) is 46.4 cm³/mol. The van der Waals surface area contributed by atoms with E-state index >= 15 is 0 Å². The lowest BCUT2D eigenvalue weighted by Gasteiger charge is -2.23. The molecule has 4 heteroatoms. The SMILES string of the molecule is CCOP(OC)OC(C)(C)C. The Morgan fingerprint density at radius 3 is 2.09 bits per heavy atom. The fourth-order valence-corrected chi connectivity index (χ4v) is 1.34. The molecule has 0 saturated heterocycles. The molecule has 1 atom stereocenters. The van der Waals surface area contributed by atoms with Gasteiger partial charge in [-0.2, -0.15) is 0 Å². The third-order valence-corrected chi connectivity index (χ3v) is 2.20. The zero-order valence-electron chi connectivity index (χ0n) is 7.88. The van der Waals surface area contributed by atoms with Crippen LogP contribution in [0.15, 0.2) is 0 Å². The number of rotatable bonds is 4. The summed E-state index contributed by atoms with van der Waals surface area (Å²) in [6.07, 6.45) is 0. The van der Waals surface area contributed by atoms with Crippen molar-refractivity contribution < 1.29 is 13.6 Å². The van der Waals surface area contributed by atoms with Gasteiger partial charge in [0.25, 0.3) is 0 Å². The standard InChI is InChI=1S/C7H17O3P/c1-6-9-11(8-5)10-7(2,3)4/h6H2,1-5H3. The predicted octanol–water partition coefficient (Wildman–Crippen LogP) is 2.71. The topological polar surface area (TPSA) is 27.7 Å². The van der Waals surface area contributed by atoms with E-state index in [1.165, 1.54) is 0 Å². The molecular formula is C7H17O3P. The van der Waals surface area contributed by atoms with Crippen molar-refractivity contribution in [3.63, 3.8) is 0 Å². The highest BCUT2D eigenvalue weighted by Crippen LogP contribution is 2.42. The van der Waals surface area contributed by atoms with Crippen LogP contribution in [0.3, 0.4) is 0 Å². The van der Waals surface area contributed by atoms with Crippen molar-refractivity contribution >= 4 is 8.60 Å². The Kier molecular flexibility index (Phi) is 5.19. The summed E-state index contributed by atoms with van der Waals surface area (Å²) < 4.78 is 15.6. The molecule has 0 aromatic rings. The first kappa shape index (κ1) is 11.3. The summed E-state index contributed by atoms with van der Waals surface area (Å²) >= 11 is 0. The minimum Gasteiger partial charge on any atom is -0.316 e. The van der Waals surface area contributed by atoms with Gasteiger partial charge in [0, 0.05) is 7.11 Å². The van der Waals surface area contributed by atoms with Crippen molar-refractivity contribution in [3.05, 3.63) is 0 Å². The molecule has 0 amide bonds. The van der Waals surface area contributed by atoms with Crippen LogP contribution in [0.4, 0.5) is 0 Å². The highest BCUT2D eigenvalue weighted by molar-refractivity contribution is 7.41. The maximum Gasteiger partial charge on any atom is 0.332 e. The third kappa shape index (κ3) is 6.70. The Morgan fingerprint density at radius 2 is 1.82 bits per heavy atom. The molecule has 0 aliphatic heterocycles. The van der Waals surface area contributed by atoms with E-state index in [1.54, 1.807) is 7.11 Å². The van der Waals surface area contributed by atoms with Crippen molar-refractivity contribution in [2.24, 2.45) is 0 Å². The van der Waals surface area contributed by atoms with Gasteiger partial charge in [-0.3, -0.25) is 0 Å². The Labute approximate surface area is 70.0 Å². The van der Waals surface area contributed by atoms with Crippen molar-refractivity contribution in [2.45, 2.75) is 33.3 Å². The van der Waals surface area contributed by atoms with Crippen LogP contribution in [0.1, 0.15) is 27.7 Å². The van der Waals surface area contributed by atoms with Gasteiger partial charge in [0.2, 0.25) is 0 Å². The van der Waals surface area contributed by atoms with E-state index in [2.05, 4.69) is 0 Å². The van der Waals surface area contributed by atoms with Gasteiger partial charge in [-0.15, -0.1) is 0 Å². The average Bonchev–Trinajstić information content (AvgIpc) is 1.84. The van der Waals surface area contributed by atoms with E-state index in [0.717, 1.165) is 0 Å². The second-order valence-electron chi connectivity index (χ2n) is 3.03. The van der Waals surface area contributed by atoms with E-state index in [1.807, 2.05) is 27.7 Å². The summed E-state index contributed by atoms with van der Waals surface area (Å²) in [6, 6.07) is 0. The van der Waals surface area contributed by atoms with E-state index in [9.17, 15) is 0 Å². The quantitative estimate of drug-likeness (QED) is 0.622. The van der Waals surface area contributed by atoms with Crippen LogP contribution in [0.5, 0.6) is 0 Å². The normalized spacial score (nSPS) is 15.0. The van der Waals surface area contributed by atoms with E-state index in [-0.39, 0.29) is 5.60 Å². The molecule has 0 aliphatic carbocycles. The molecule has 1 unspecified atom stereocenters. The molecule has 0 saturated carbocycles. The monoisotopic (exact) mass is 180 g/mol. The molecule has 0 radical (unpaired) electrons. The second kappa shape index (κ2) is 5.04. The Bertz CT molecular complexity index is 100. The maximum atomic E-state index is 5.45. The van der Waals surface area contributed by atoms with Crippen molar-refractivity contribution in [3.8, 4) is 0 Å². The molecule has 0 N–H and O–H groups in total. The van der Waals surface area contributed by atoms with Gasteiger partial charge in [0.05, 0.1) is 12.2 Å². The van der Waals surface area contributed by atoms with E-state index in [0.29, 0.717) is 6.61 Å². The molecule has 68 valence electrons. The molecule has 11 heavy (non-hydrogen) atoms. The smallest absolute Gasteiger partial charge is 0.316 e. The zero-order chi connectivity index (χ0) is 8.91. The molecule has 0 fully saturated rings. The van der Waals surface area contributed by atoms with Gasteiger partial charge in [-0.1, -0.05) is 0 Å². The van der Waals surface area contributed by atoms with Crippen LogP contribution in [-0.4, -0.2) is 19.3 Å². The first-order valence-electron chi connectivity index (χ1n) is 3.66. The van der Waals surface area contributed by atoms with Crippen LogP contribution in [-0.2, 0) is 13.6 Å². The van der Waals surface area contributed by atoms with Crippen LogP contribution >= 0.6 is 8.60 Å². The van der Waals surface area contributed by atoms with Gasteiger partial charge in [-0.05, 0) is 27.7 Å². The van der Waals surface area contributed by atoms with Gasteiger partial charge in [0.15, 0.2) is 0 Å². The van der Waals surface area contributed by atoms with Crippen molar-refractivity contribution in [1.29, 1.82) is 0 Å². The first-order valence-corrected chi connectivity index (χ1v) is 4.75. The van der Waals surface area contributed by atoms with Crippen molar-refractivity contribution in [2.75, 3.05) is 13.7 Å². The largest absolute Gasteiger partial charge is 0.332 e. The second-order valence-corrected chi connectivity index (χ2v) is 4.28. The number of hydrogen-bond acceptors (Lipinski definition) is 3. The van der Waals surface area contributed by atoms with E-state index < -0.39 is 8.60 Å². The first-order chi connectivity index (χ1) is 4.99. The molecule has 0 aromatic heterocycles. The lowest BCUT2D eigenvalue weighted by atomic mass is 10.2. The highest BCUT2D eigenvalue weighted by Gasteiger charge is 2.19. The Hall–Kier alpha value is 0.310. The molecule has 0 aliphatic rings. The fraction of sp³-hybridized carbons (Fsp3) is 1.00. The molecule has 3 nitrogen and oxygen atoms in total. The summed E-state index contributed by atoms with van der Waals surface area (Å²) in [6.45, 7) is 8.46. The lowest BCUT2D eigenvalue weighted by Crippen LogP contribution is -2.16. The fourth-order valence-electron chi connectivity index (χ4n) is 0.445. The van der Waals surface area contributed by atoms with Crippen LogP contribution in [0.25, 0.3) is 0 Å². The molecule has 0 bridgehead atoms. The van der Waals surface area contributed by atoms with Crippen LogP contribution < -0.4 is 0 Å².